The Morgan fingerprint density at radius 2 is 1.81 bits per heavy atom. The highest BCUT2D eigenvalue weighted by Crippen LogP contribution is 2.22. The van der Waals surface area contributed by atoms with Gasteiger partial charge in [0.05, 0.1) is 13.2 Å². The fourth-order valence-electron chi connectivity index (χ4n) is 2.66. The average Bonchev–Trinajstić information content (AvgIpc) is 3.18. The van der Waals surface area contributed by atoms with Crippen LogP contribution in [0.2, 0.25) is 0 Å². The minimum atomic E-state index is -1.34. The molecule has 6 nitrogen and oxygen atoms in total. The minimum Gasteiger partial charge on any atom is -0.381 e. The Morgan fingerprint density at radius 3 is 2.46 bits per heavy atom. The van der Waals surface area contributed by atoms with Crippen LogP contribution in [0.5, 0.6) is 0 Å². The van der Waals surface area contributed by atoms with Crippen LogP contribution >= 0.6 is 0 Å². The highest BCUT2D eigenvalue weighted by atomic mass is 16.5. The molecule has 0 saturated carbocycles. The Labute approximate surface area is 151 Å². The Bertz CT molecular complexity index is 849. The zero-order valence-corrected chi connectivity index (χ0v) is 14.4. The summed E-state index contributed by atoms with van der Waals surface area (Å²) in [5, 5.41) is 17.4. The molecule has 0 radical (unpaired) electrons. The van der Waals surface area contributed by atoms with Gasteiger partial charge in [0, 0.05) is 18.7 Å². The molecule has 0 saturated heterocycles. The van der Waals surface area contributed by atoms with Gasteiger partial charge in [0.25, 0.3) is 5.91 Å². The van der Waals surface area contributed by atoms with Crippen LogP contribution in [0, 0.1) is 0 Å². The van der Waals surface area contributed by atoms with Gasteiger partial charge < -0.3 is 19.7 Å². The summed E-state index contributed by atoms with van der Waals surface area (Å²) in [5.74, 6) is 0.0763. The molecule has 1 amide bonds. The molecule has 0 spiro atoms. The Balaban J connectivity index is 1.70. The third-order valence-corrected chi connectivity index (χ3v) is 4.04. The standard InChI is InChI=1S/C20H20N2O4/c1-25-14-20(24,16-10-6-3-7-11-16)13-21-19(23)17-12-18(26-22-17)15-8-4-2-5-9-15/h2-12,24H,13-14H2,1H3,(H,21,23)/t20-/m1/s1. The minimum absolute atomic E-state index is 0.0166. The van der Waals surface area contributed by atoms with Crippen molar-refractivity contribution in [3.8, 4) is 11.3 Å². The Morgan fingerprint density at radius 1 is 1.15 bits per heavy atom. The van der Waals surface area contributed by atoms with E-state index in [4.69, 9.17) is 9.26 Å². The van der Waals surface area contributed by atoms with Crippen LogP contribution in [0.15, 0.2) is 71.3 Å². The molecule has 3 rings (SSSR count). The van der Waals surface area contributed by atoms with Crippen molar-refractivity contribution in [3.05, 3.63) is 78.0 Å². The second kappa shape index (κ2) is 7.95. The number of rotatable bonds is 7. The largest absolute Gasteiger partial charge is 0.381 e. The lowest BCUT2D eigenvalue weighted by Crippen LogP contribution is -2.44. The summed E-state index contributed by atoms with van der Waals surface area (Å²) in [6.45, 7) is 0.0303. The predicted molar refractivity (Wildman–Crippen MR) is 96.5 cm³/mol. The van der Waals surface area contributed by atoms with Gasteiger partial charge >= 0.3 is 0 Å². The third-order valence-electron chi connectivity index (χ3n) is 4.04. The molecular formula is C20H20N2O4. The number of benzene rings is 2. The van der Waals surface area contributed by atoms with Crippen LogP contribution in [0.3, 0.4) is 0 Å². The molecule has 2 aromatic carbocycles. The van der Waals surface area contributed by atoms with Crippen molar-refractivity contribution in [2.24, 2.45) is 0 Å². The number of methoxy groups -OCH3 is 1. The first-order valence-electron chi connectivity index (χ1n) is 8.19. The lowest BCUT2D eigenvalue weighted by molar-refractivity contribution is -0.0335. The van der Waals surface area contributed by atoms with E-state index in [0.29, 0.717) is 11.3 Å². The molecule has 0 bridgehead atoms. The molecule has 0 aliphatic heterocycles. The van der Waals surface area contributed by atoms with E-state index in [1.807, 2.05) is 48.5 Å². The number of hydrogen-bond acceptors (Lipinski definition) is 5. The van der Waals surface area contributed by atoms with Crippen LogP contribution in [-0.4, -0.2) is 36.4 Å². The highest BCUT2D eigenvalue weighted by Gasteiger charge is 2.30. The number of amides is 1. The van der Waals surface area contributed by atoms with Crippen LogP contribution < -0.4 is 5.32 Å². The van der Waals surface area contributed by atoms with Gasteiger partial charge in [-0.2, -0.15) is 0 Å². The van der Waals surface area contributed by atoms with E-state index in [-0.39, 0.29) is 18.8 Å². The molecule has 1 atom stereocenters. The summed E-state index contributed by atoms with van der Waals surface area (Å²) in [5.41, 5.74) is 0.306. The Kier molecular flexibility index (Phi) is 5.46. The first kappa shape index (κ1) is 17.8. The molecule has 26 heavy (non-hydrogen) atoms. The maximum absolute atomic E-state index is 12.4. The summed E-state index contributed by atoms with van der Waals surface area (Å²) < 4.78 is 10.4. The quantitative estimate of drug-likeness (QED) is 0.683. The van der Waals surface area contributed by atoms with Gasteiger partial charge in [-0.3, -0.25) is 4.79 Å². The smallest absolute Gasteiger partial charge is 0.273 e. The molecule has 2 N–H and O–H groups in total. The molecule has 1 aromatic heterocycles. The zero-order valence-electron chi connectivity index (χ0n) is 14.4. The summed E-state index contributed by atoms with van der Waals surface area (Å²) >= 11 is 0. The lowest BCUT2D eigenvalue weighted by Gasteiger charge is -2.28. The zero-order chi connectivity index (χ0) is 18.4. The normalized spacial score (nSPS) is 13.2. The molecule has 0 aliphatic carbocycles. The van der Waals surface area contributed by atoms with Crippen molar-refractivity contribution in [1.82, 2.24) is 10.5 Å². The van der Waals surface area contributed by atoms with Crippen molar-refractivity contribution >= 4 is 5.91 Å². The monoisotopic (exact) mass is 352 g/mol. The molecule has 0 unspecified atom stereocenters. The number of hydrogen-bond donors (Lipinski definition) is 2. The maximum atomic E-state index is 12.4. The number of nitrogens with zero attached hydrogens (tertiary/aromatic N) is 1. The van der Waals surface area contributed by atoms with Crippen molar-refractivity contribution in [2.75, 3.05) is 20.3 Å². The van der Waals surface area contributed by atoms with Gasteiger partial charge in [-0.1, -0.05) is 65.8 Å². The SMILES string of the molecule is COC[C@](O)(CNC(=O)c1cc(-c2ccccc2)on1)c1ccccc1. The van der Waals surface area contributed by atoms with E-state index in [1.165, 1.54) is 7.11 Å². The average molecular weight is 352 g/mol. The topological polar surface area (TPSA) is 84.6 Å². The Hall–Kier alpha value is -2.96. The van der Waals surface area contributed by atoms with Crippen LogP contribution in [0.1, 0.15) is 16.1 Å². The fraction of sp³-hybridized carbons (Fsp3) is 0.200. The van der Waals surface area contributed by atoms with Gasteiger partial charge in [0.2, 0.25) is 0 Å². The summed E-state index contributed by atoms with van der Waals surface area (Å²) in [7, 11) is 1.50. The van der Waals surface area contributed by atoms with E-state index in [9.17, 15) is 9.90 Å². The number of carbonyl (C=O) groups is 1. The van der Waals surface area contributed by atoms with Crippen LogP contribution in [0.4, 0.5) is 0 Å². The van der Waals surface area contributed by atoms with E-state index in [2.05, 4.69) is 10.5 Å². The first-order valence-corrected chi connectivity index (χ1v) is 8.19. The second-order valence-corrected chi connectivity index (χ2v) is 5.96. The lowest BCUT2D eigenvalue weighted by atomic mass is 9.94. The number of ether oxygens (including phenoxy) is 1. The first-order chi connectivity index (χ1) is 12.6. The van der Waals surface area contributed by atoms with E-state index < -0.39 is 11.5 Å². The van der Waals surface area contributed by atoms with Crippen molar-refractivity contribution < 1.29 is 19.2 Å². The van der Waals surface area contributed by atoms with E-state index in [1.54, 1.807) is 18.2 Å². The van der Waals surface area contributed by atoms with Crippen molar-refractivity contribution in [2.45, 2.75) is 5.60 Å². The summed E-state index contributed by atoms with van der Waals surface area (Å²) in [6, 6.07) is 20.0. The molecule has 0 aliphatic rings. The number of aromatic nitrogens is 1. The molecule has 0 fully saturated rings. The predicted octanol–water partition coefficient (Wildman–Crippen LogP) is 2.61. The van der Waals surface area contributed by atoms with Gasteiger partial charge in [0.1, 0.15) is 5.60 Å². The maximum Gasteiger partial charge on any atom is 0.273 e. The fourth-order valence-corrected chi connectivity index (χ4v) is 2.66. The van der Waals surface area contributed by atoms with E-state index >= 15 is 0 Å². The molecular weight excluding hydrogens is 332 g/mol. The molecule has 134 valence electrons. The molecule has 1 heterocycles. The number of carbonyl (C=O) groups excluding carboxylic acids is 1. The van der Waals surface area contributed by atoms with E-state index in [0.717, 1.165) is 5.56 Å². The highest BCUT2D eigenvalue weighted by molar-refractivity contribution is 5.93. The summed E-state index contributed by atoms with van der Waals surface area (Å²) in [6.07, 6.45) is 0. The number of nitrogens with one attached hydrogen (secondary N) is 1. The summed E-state index contributed by atoms with van der Waals surface area (Å²) in [4.78, 5) is 12.4. The van der Waals surface area contributed by atoms with Gasteiger partial charge in [0.15, 0.2) is 11.5 Å². The van der Waals surface area contributed by atoms with Crippen molar-refractivity contribution in [1.29, 1.82) is 0 Å². The van der Waals surface area contributed by atoms with Gasteiger partial charge in [-0.25, -0.2) is 0 Å². The number of aliphatic hydroxyl groups is 1. The molecule has 3 aromatic rings. The van der Waals surface area contributed by atoms with Gasteiger partial charge in [-0.05, 0) is 5.56 Å². The van der Waals surface area contributed by atoms with Crippen LogP contribution in [0.25, 0.3) is 11.3 Å². The van der Waals surface area contributed by atoms with Gasteiger partial charge in [-0.15, -0.1) is 0 Å². The van der Waals surface area contributed by atoms with Crippen LogP contribution in [-0.2, 0) is 10.3 Å². The van der Waals surface area contributed by atoms with Crippen molar-refractivity contribution in [3.63, 3.8) is 0 Å². The second-order valence-electron chi connectivity index (χ2n) is 5.96. The third kappa shape index (κ3) is 3.99. The molecule has 6 heteroatoms.